The highest BCUT2D eigenvalue weighted by Crippen LogP contribution is 2.06. The van der Waals surface area contributed by atoms with Crippen molar-refractivity contribution in [1.29, 1.82) is 0 Å². The zero-order chi connectivity index (χ0) is 11.4. The minimum Gasteiger partial charge on any atom is -0.384 e. The van der Waals surface area contributed by atoms with Gasteiger partial charge in [-0.05, 0) is 19.1 Å². The van der Waals surface area contributed by atoms with Crippen LogP contribution in [0.15, 0.2) is 12.1 Å². The molecule has 80 valence electrons. The van der Waals surface area contributed by atoms with Gasteiger partial charge in [-0.15, -0.1) is 0 Å². The topological polar surface area (TPSA) is 111 Å². The Balaban J connectivity index is 2.77. The SMILES string of the molecule is Cc1cc(C(=O)NCC(N)=O)cc(N)n1. The summed E-state index contributed by atoms with van der Waals surface area (Å²) in [5.41, 5.74) is 11.4. The zero-order valence-electron chi connectivity index (χ0n) is 8.28. The standard InChI is InChI=1S/C9H12N4O2/c1-5-2-6(3-7(10)13-5)9(15)12-4-8(11)14/h2-3H,4H2,1H3,(H2,10,13)(H2,11,14)(H,12,15). The van der Waals surface area contributed by atoms with Crippen molar-refractivity contribution in [2.45, 2.75) is 6.92 Å². The van der Waals surface area contributed by atoms with Crippen molar-refractivity contribution in [3.8, 4) is 0 Å². The van der Waals surface area contributed by atoms with E-state index < -0.39 is 11.8 Å². The third-order valence-electron chi connectivity index (χ3n) is 1.66. The summed E-state index contributed by atoms with van der Waals surface area (Å²) in [5, 5.41) is 2.36. The Morgan fingerprint density at radius 3 is 2.67 bits per heavy atom. The van der Waals surface area contributed by atoms with E-state index in [4.69, 9.17) is 11.5 Å². The van der Waals surface area contributed by atoms with E-state index in [-0.39, 0.29) is 12.4 Å². The molecule has 1 rings (SSSR count). The molecule has 0 aliphatic carbocycles. The molecule has 0 spiro atoms. The number of hydrogen-bond acceptors (Lipinski definition) is 4. The van der Waals surface area contributed by atoms with Crippen LogP contribution < -0.4 is 16.8 Å². The number of carbonyl (C=O) groups excluding carboxylic acids is 2. The highest BCUT2D eigenvalue weighted by molar-refractivity contribution is 5.96. The number of primary amides is 1. The molecule has 15 heavy (non-hydrogen) atoms. The molecule has 0 atom stereocenters. The molecule has 0 fully saturated rings. The summed E-state index contributed by atoms with van der Waals surface area (Å²) < 4.78 is 0. The van der Waals surface area contributed by atoms with E-state index in [1.807, 2.05) is 0 Å². The van der Waals surface area contributed by atoms with Gasteiger partial charge in [-0.2, -0.15) is 0 Å². The maximum atomic E-state index is 11.5. The van der Waals surface area contributed by atoms with E-state index in [9.17, 15) is 9.59 Å². The maximum absolute atomic E-state index is 11.5. The molecule has 0 aromatic carbocycles. The molecular weight excluding hydrogens is 196 g/mol. The Labute approximate surface area is 86.7 Å². The van der Waals surface area contributed by atoms with Crippen LogP contribution in [0.3, 0.4) is 0 Å². The number of amides is 2. The number of pyridine rings is 1. The van der Waals surface area contributed by atoms with Crippen LogP contribution in [0, 0.1) is 6.92 Å². The predicted octanol–water partition coefficient (Wildman–Crippen LogP) is -0.813. The van der Waals surface area contributed by atoms with Crippen molar-refractivity contribution in [1.82, 2.24) is 10.3 Å². The molecular formula is C9H12N4O2. The second-order valence-electron chi connectivity index (χ2n) is 3.07. The van der Waals surface area contributed by atoms with E-state index in [1.54, 1.807) is 13.0 Å². The first-order chi connectivity index (χ1) is 6.99. The second-order valence-corrected chi connectivity index (χ2v) is 3.07. The molecule has 0 saturated heterocycles. The van der Waals surface area contributed by atoms with E-state index in [0.29, 0.717) is 11.3 Å². The molecule has 0 unspecified atom stereocenters. The number of carbonyl (C=O) groups is 2. The second kappa shape index (κ2) is 4.41. The molecule has 5 N–H and O–H groups in total. The van der Waals surface area contributed by atoms with Crippen LogP contribution in [0.4, 0.5) is 5.82 Å². The van der Waals surface area contributed by atoms with Crippen LogP contribution >= 0.6 is 0 Å². The van der Waals surface area contributed by atoms with Crippen molar-refractivity contribution in [2.75, 3.05) is 12.3 Å². The van der Waals surface area contributed by atoms with Gasteiger partial charge in [0.25, 0.3) is 5.91 Å². The summed E-state index contributed by atoms with van der Waals surface area (Å²) in [6, 6.07) is 3.01. The zero-order valence-corrected chi connectivity index (χ0v) is 8.28. The van der Waals surface area contributed by atoms with E-state index in [2.05, 4.69) is 10.3 Å². The van der Waals surface area contributed by atoms with Gasteiger partial charge in [0.05, 0.1) is 6.54 Å². The molecule has 1 aromatic rings. The lowest BCUT2D eigenvalue weighted by Gasteiger charge is -2.04. The number of nitrogens with one attached hydrogen (secondary N) is 1. The van der Waals surface area contributed by atoms with Gasteiger partial charge in [0, 0.05) is 11.3 Å². The van der Waals surface area contributed by atoms with Crippen LogP contribution in [0.2, 0.25) is 0 Å². The van der Waals surface area contributed by atoms with Crippen LogP contribution in [0.5, 0.6) is 0 Å². The molecule has 6 nitrogen and oxygen atoms in total. The predicted molar refractivity (Wildman–Crippen MR) is 54.9 cm³/mol. The first kappa shape index (κ1) is 11.0. The van der Waals surface area contributed by atoms with Gasteiger partial charge in [0.15, 0.2) is 0 Å². The fraction of sp³-hybridized carbons (Fsp3) is 0.222. The van der Waals surface area contributed by atoms with Crippen molar-refractivity contribution >= 4 is 17.6 Å². The highest BCUT2D eigenvalue weighted by Gasteiger charge is 2.07. The van der Waals surface area contributed by atoms with Crippen molar-refractivity contribution in [2.24, 2.45) is 5.73 Å². The van der Waals surface area contributed by atoms with Crippen LogP contribution in [0.25, 0.3) is 0 Å². The highest BCUT2D eigenvalue weighted by atomic mass is 16.2. The first-order valence-corrected chi connectivity index (χ1v) is 4.29. The van der Waals surface area contributed by atoms with Crippen LogP contribution in [-0.2, 0) is 4.79 Å². The van der Waals surface area contributed by atoms with Crippen LogP contribution in [-0.4, -0.2) is 23.3 Å². The van der Waals surface area contributed by atoms with Gasteiger partial charge in [0.2, 0.25) is 5.91 Å². The van der Waals surface area contributed by atoms with E-state index in [0.717, 1.165) is 0 Å². The van der Waals surface area contributed by atoms with Gasteiger partial charge in [-0.1, -0.05) is 0 Å². The third-order valence-corrected chi connectivity index (χ3v) is 1.66. The molecule has 1 heterocycles. The molecule has 0 bridgehead atoms. The molecule has 0 aliphatic rings. The number of aryl methyl sites for hydroxylation is 1. The fourth-order valence-electron chi connectivity index (χ4n) is 1.09. The van der Waals surface area contributed by atoms with Crippen molar-refractivity contribution < 1.29 is 9.59 Å². The molecule has 0 aliphatic heterocycles. The minimum atomic E-state index is -0.595. The van der Waals surface area contributed by atoms with Gasteiger partial charge >= 0.3 is 0 Å². The molecule has 1 aromatic heterocycles. The fourth-order valence-corrected chi connectivity index (χ4v) is 1.09. The Morgan fingerprint density at radius 1 is 1.47 bits per heavy atom. The van der Waals surface area contributed by atoms with E-state index in [1.165, 1.54) is 6.07 Å². The number of nitrogens with two attached hydrogens (primary N) is 2. The van der Waals surface area contributed by atoms with E-state index >= 15 is 0 Å². The minimum absolute atomic E-state index is 0.194. The quantitative estimate of drug-likeness (QED) is 0.603. The normalized spacial score (nSPS) is 9.67. The van der Waals surface area contributed by atoms with Gasteiger partial charge in [0.1, 0.15) is 5.82 Å². The van der Waals surface area contributed by atoms with Gasteiger partial charge < -0.3 is 16.8 Å². The van der Waals surface area contributed by atoms with Crippen LogP contribution in [0.1, 0.15) is 16.1 Å². The number of anilines is 1. The first-order valence-electron chi connectivity index (χ1n) is 4.29. The molecule has 0 radical (unpaired) electrons. The lowest BCUT2D eigenvalue weighted by molar-refractivity contribution is -0.117. The van der Waals surface area contributed by atoms with Crippen molar-refractivity contribution in [3.63, 3.8) is 0 Å². The monoisotopic (exact) mass is 208 g/mol. The maximum Gasteiger partial charge on any atom is 0.251 e. The Kier molecular flexibility index (Phi) is 3.22. The summed E-state index contributed by atoms with van der Waals surface area (Å²) in [7, 11) is 0. The third kappa shape index (κ3) is 3.26. The summed E-state index contributed by atoms with van der Waals surface area (Å²) >= 11 is 0. The average Bonchev–Trinajstić information content (AvgIpc) is 2.12. The smallest absolute Gasteiger partial charge is 0.251 e. The molecule has 2 amide bonds. The summed E-state index contributed by atoms with van der Waals surface area (Å²) in [6.07, 6.45) is 0. The Morgan fingerprint density at radius 2 is 2.13 bits per heavy atom. The largest absolute Gasteiger partial charge is 0.384 e. The number of nitrogens with zero attached hydrogens (tertiary/aromatic N) is 1. The molecule has 0 saturated carbocycles. The number of nitrogen functional groups attached to an aromatic ring is 1. The Hall–Kier alpha value is -2.11. The number of hydrogen-bond donors (Lipinski definition) is 3. The summed E-state index contributed by atoms with van der Waals surface area (Å²) in [6.45, 7) is 1.53. The summed E-state index contributed by atoms with van der Waals surface area (Å²) in [5.74, 6) is -0.729. The molecule has 6 heteroatoms. The van der Waals surface area contributed by atoms with Gasteiger partial charge in [-0.3, -0.25) is 9.59 Å². The Bertz CT molecular complexity index is 383. The average molecular weight is 208 g/mol. The number of rotatable bonds is 3. The van der Waals surface area contributed by atoms with Gasteiger partial charge in [-0.25, -0.2) is 4.98 Å². The van der Waals surface area contributed by atoms with Crippen molar-refractivity contribution in [3.05, 3.63) is 23.4 Å². The summed E-state index contributed by atoms with van der Waals surface area (Å²) in [4.78, 5) is 25.8. The number of aromatic nitrogens is 1. The lowest BCUT2D eigenvalue weighted by Crippen LogP contribution is -2.33. The lowest BCUT2D eigenvalue weighted by atomic mass is 10.2.